The average molecular weight is 477 g/mol. The van der Waals surface area contributed by atoms with E-state index in [0.29, 0.717) is 10.9 Å². The summed E-state index contributed by atoms with van der Waals surface area (Å²) in [6.07, 6.45) is 26.0. The van der Waals surface area contributed by atoms with E-state index in [9.17, 15) is 19.5 Å². The maximum absolute atomic E-state index is 11.8. The van der Waals surface area contributed by atoms with Crippen LogP contribution in [0.5, 0.6) is 0 Å². The molecule has 0 heterocycles. The van der Waals surface area contributed by atoms with Crippen molar-refractivity contribution in [2.24, 2.45) is 0 Å². The van der Waals surface area contributed by atoms with Gasteiger partial charge in [0, 0.05) is 0 Å². The van der Waals surface area contributed by atoms with Crippen LogP contribution in [0.15, 0.2) is 12.2 Å². The van der Waals surface area contributed by atoms with Crippen molar-refractivity contribution in [2.45, 2.75) is 128 Å². The van der Waals surface area contributed by atoms with Gasteiger partial charge in [-0.3, -0.25) is 4.57 Å². The largest absolute Gasteiger partial charge is 0.373 e. The Morgan fingerprint density at radius 1 is 0.688 bits per heavy atom. The molecule has 0 fully saturated rings. The molecular weight excluding hydrogens is 421 g/mol. The predicted molar refractivity (Wildman–Crippen MR) is 138 cm³/mol. The number of quaternary nitrogens is 1. The monoisotopic (exact) mass is 476 g/mol. The SMILES string of the molecule is CCCCCCCCCCCCCCCC/C=C\CCCC(O)(C[N+](C)(C)C)P(=O)(O)O. The van der Waals surface area contributed by atoms with Crippen molar-refractivity contribution >= 4 is 7.60 Å². The molecule has 0 bridgehead atoms. The maximum Gasteiger partial charge on any atom is 0.362 e. The lowest BCUT2D eigenvalue weighted by Gasteiger charge is -2.35. The highest BCUT2D eigenvalue weighted by molar-refractivity contribution is 7.53. The number of likely N-dealkylation sites (N-methyl/N-ethyl adjacent to an activating group) is 1. The molecule has 1 unspecified atom stereocenters. The van der Waals surface area contributed by atoms with E-state index in [1.54, 1.807) is 0 Å². The van der Waals surface area contributed by atoms with Gasteiger partial charge >= 0.3 is 7.60 Å². The van der Waals surface area contributed by atoms with Gasteiger partial charge in [-0.2, -0.15) is 0 Å². The molecule has 32 heavy (non-hydrogen) atoms. The second-order valence-corrected chi connectivity index (χ2v) is 12.6. The minimum absolute atomic E-state index is 0.0417. The lowest BCUT2D eigenvalue weighted by Crippen LogP contribution is -2.49. The van der Waals surface area contributed by atoms with Crippen LogP contribution in [0.25, 0.3) is 0 Å². The van der Waals surface area contributed by atoms with Crippen molar-refractivity contribution in [3.8, 4) is 0 Å². The highest BCUT2D eigenvalue weighted by Crippen LogP contribution is 2.52. The number of unbranched alkanes of at least 4 members (excludes halogenated alkanes) is 15. The number of allylic oxidation sites excluding steroid dienone is 2. The summed E-state index contributed by atoms with van der Waals surface area (Å²) in [6.45, 7) is 2.31. The first-order valence-electron chi connectivity index (χ1n) is 13.3. The average Bonchev–Trinajstić information content (AvgIpc) is 2.67. The van der Waals surface area contributed by atoms with E-state index in [1.807, 2.05) is 21.1 Å². The first-order chi connectivity index (χ1) is 15.0. The highest BCUT2D eigenvalue weighted by atomic mass is 31.2. The Bertz CT molecular complexity index is 512. The van der Waals surface area contributed by atoms with Gasteiger partial charge < -0.3 is 19.4 Å². The first-order valence-corrected chi connectivity index (χ1v) is 14.9. The summed E-state index contributed by atoms with van der Waals surface area (Å²) in [5.41, 5.74) is 0. The molecule has 0 aliphatic heterocycles. The van der Waals surface area contributed by atoms with Crippen molar-refractivity contribution in [3.63, 3.8) is 0 Å². The predicted octanol–water partition coefficient (Wildman–Crippen LogP) is 7.16. The van der Waals surface area contributed by atoms with Gasteiger partial charge in [0.25, 0.3) is 0 Å². The van der Waals surface area contributed by atoms with Gasteiger partial charge in [0.05, 0.1) is 21.1 Å². The quantitative estimate of drug-likeness (QED) is 0.0670. The van der Waals surface area contributed by atoms with Crippen molar-refractivity contribution in [1.29, 1.82) is 0 Å². The highest BCUT2D eigenvalue weighted by Gasteiger charge is 2.48. The van der Waals surface area contributed by atoms with Crippen LogP contribution < -0.4 is 0 Å². The fourth-order valence-corrected chi connectivity index (χ4v) is 5.33. The van der Waals surface area contributed by atoms with Crippen molar-refractivity contribution in [1.82, 2.24) is 0 Å². The zero-order valence-corrected chi connectivity index (χ0v) is 22.6. The Morgan fingerprint density at radius 2 is 1.06 bits per heavy atom. The molecule has 0 rings (SSSR count). The molecule has 0 aromatic heterocycles. The number of hydrogen-bond acceptors (Lipinski definition) is 2. The van der Waals surface area contributed by atoms with E-state index >= 15 is 0 Å². The molecule has 0 aliphatic rings. The van der Waals surface area contributed by atoms with Crippen molar-refractivity contribution < 1.29 is 23.9 Å². The molecule has 1 atom stereocenters. The molecule has 0 saturated heterocycles. The van der Waals surface area contributed by atoms with E-state index in [2.05, 4.69) is 19.1 Å². The van der Waals surface area contributed by atoms with Crippen LogP contribution in [0.1, 0.15) is 122 Å². The van der Waals surface area contributed by atoms with E-state index < -0.39 is 12.9 Å². The van der Waals surface area contributed by atoms with Gasteiger partial charge in [0.2, 0.25) is 5.34 Å². The normalized spacial score (nSPS) is 14.8. The summed E-state index contributed by atoms with van der Waals surface area (Å²) in [7, 11) is 0.929. The smallest absolute Gasteiger partial charge is 0.362 e. The van der Waals surface area contributed by atoms with Gasteiger partial charge in [-0.15, -0.1) is 0 Å². The van der Waals surface area contributed by atoms with Crippen LogP contribution in [0, 0.1) is 0 Å². The number of nitrogens with zero attached hydrogens (tertiary/aromatic N) is 1. The molecule has 3 N–H and O–H groups in total. The lowest BCUT2D eigenvalue weighted by molar-refractivity contribution is -0.875. The summed E-state index contributed by atoms with van der Waals surface area (Å²) in [6, 6.07) is 0. The Kier molecular flexibility index (Phi) is 18.1. The van der Waals surface area contributed by atoms with Crippen molar-refractivity contribution in [3.05, 3.63) is 12.2 Å². The minimum Gasteiger partial charge on any atom is -0.373 e. The summed E-state index contributed by atoms with van der Waals surface area (Å²) in [4.78, 5) is 19.2. The minimum atomic E-state index is -4.56. The zero-order valence-electron chi connectivity index (χ0n) is 21.7. The molecule has 0 aliphatic carbocycles. The third kappa shape index (κ3) is 18.3. The molecule has 5 nitrogen and oxygen atoms in total. The Balaban J connectivity index is 3.62. The van der Waals surface area contributed by atoms with Crippen LogP contribution in [0.2, 0.25) is 0 Å². The summed E-state index contributed by atoms with van der Waals surface area (Å²) in [5, 5.41) is 8.59. The first kappa shape index (κ1) is 31.8. The van der Waals surface area contributed by atoms with Gasteiger partial charge in [-0.05, 0) is 32.1 Å². The van der Waals surface area contributed by atoms with Crippen LogP contribution in [-0.2, 0) is 4.57 Å². The Hall–Kier alpha value is -0.190. The molecule has 0 aromatic rings. The molecule has 0 spiro atoms. The number of aliphatic hydroxyl groups is 1. The molecule has 6 heteroatoms. The summed E-state index contributed by atoms with van der Waals surface area (Å²) >= 11 is 0. The van der Waals surface area contributed by atoms with Gasteiger partial charge in [-0.1, -0.05) is 103 Å². The van der Waals surface area contributed by atoms with Gasteiger partial charge in [0.15, 0.2) is 0 Å². The van der Waals surface area contributed by atoms with Crippen LogP contribution >= 0.6 is 7.60 Å². The third-order valence-corrected chi connectivity index (χ3v) is 7.56. The van der Waals surface area contributed by atoms with E-state index in [4.69, 9.17) is 0 Å². The van der Waals surface area contributed by atoms with E-state index in [0.717, 1.165) is 12.8 Å². The molecule has 0 saturated carbocycles. The van der Waals surface area contributed by atoms with Crippen LogP contribution in [0.4, 0.5) is 0 Å². The molecule has 0 amide bonds. The Morgan fingerprint density at radius 3 is 1.44 bits per heavy atom. The van der Waals surface area contributed by atoms with Crippen LogP contribution in [-0.4, -0.2) is 52.4 Å². The van der Waals surface area contributed by atoms with Gasteiger partial charge in [-0.25, -0.2) is 0 Å². The maximum atomic E-state index is 11.8. The van der Waals surface area contributed by atoms with Crippen molar-refractivity contribution in [2.75, 3.05) is 27.7 Å². The topological polar surface area (TPSA) is 77.8 Å². The summed E-state index contributed by atoms with van der Waals surface area (Å²) in [5.74, 6) is 0. The second-order valence-electron chi connectivity index (χ2n) is 10.7. The Labute approximate surface area is 199 Å². The van der Waals surface area contributed by atoms with E-state index in [1.165, 1.54) is 89.9 Å². The fourth-order valence-electron chi connectivity index (χ4n) is 4.27. The molecule has 192 valence electrons. The van der Waals surface area contributed by atoms with E-state index in [-0.39, 0.29) is 13.0 Å². The molecule has 0 radical (unpaired) electrons. The number of rotatable bonds is 22. The zero-order chi connectivity index (χ0) is 24.3. The van der Waals surface area contributed by atoms with Gasteiger partial charge in [0.1, 0.15) is 6.54 Å². The third-order valence-electron chi connectivity index (χ3n) is 6.11. The molecular formula is C26H55NO4P+. The fraction of sp³-hybridized carbons (Fsp3) is 0.923. The standard InChI is InChI=1S/C26H54NO4P/c1-5-6-7-8-9-10-11-12-13-14-15-16-17-18-19-20-21-22-23-24-26(28,32(29,30)31)25-27(2,3)4/h20-21,28H,5-19,22-25H2,1-4H3,(H-,29,30,31)/p+1/b21-20-. The summed E-state index contributed by atoms with van der Waals surface area (Å²) < 4.78 is 12.1. The van der Waals surface area contributed by atoms with Crippen LogP contribution in [0.3, 0.4) is 0 Å². The second kappa shape index (κ2) is 18.2. The molecule has 0 aromatic carbocycles. The number of hydrogen-bond donors (Lipinski definition) is 3. The lowest BCUT2D eigenvalue weighted by atomic mass is 10.0.